The molecule has 24 heavy (non-hydrogen) atoms. The minimum atomic E-state index is 0.00762. The van der Waals surface area contributed by atoms with E-state index in [1.807, 2.05) is 11.6 Å². The van der Waals surface area contributed by atoms with Crippen molar-refractivity contribution in [3.05, 3.63) is 5.82 Å². The first-order valence-electron chi connectivity index (χ1n) is 8.42. The lowest BCUT2D eigenvalue weighted by molar-refractivity contribution is -0.119. The second-order valence-electron chi connectivity index (χ2n) is 6.07. The van der Waals surface area contributed by atoms with Gasteiger partial charge in [0, 0.05) is 33.3 Å². The summed E-state index contributed by atoms with van der Waals surface area (Å²) in [7, 11) is 1.95. The van der Waals surface area contributed by atoms with E-state index in [9.17, 15) is 4.79 Å². The number of thioether (sulfide) groups is 1. The van der Waals surface area contributed by atoms with Crippen molar-refractivity contribution in [3.8, 4) is 0 Å². The molecular formula is C15H25N5O3S. The van der Waals surface area contributed by atoms with Gasteiger partial charge in [-0.2, -0.15) is 0 Å². The number of morpholine rings is 1. The van der Waals surface area contributed by atoms with Gasteiger partial charge in [-0.05, 0) is 12.8 Å². The summed E-state index contributed by atoms with van der Waals surface area (Å²) >= 11 is 1.41. The molecule has 1 atom stereocenters. The van der Waals surface area contributed by atoms with E-state index in [-0.39, 0.29) is 12.0 Å². The van der Waals surface area contributed by atoms with Gasteiger partial charge < -0.3 is 19.4 Å². The summed E-state index contributed by atoms with van der Waals surface area (Å²) < 4.78 is 12.8. The number of carbonyl (C=O) groups is 1. The van der Waals surface area contributed by atoms with Crippen molar-refractivity contribution < 1.29 is 14.3 Å². The molecule has 2 fully saturated rings. The number of nitrogens with one attached hydrogen (secondary N) is 1. The summed E-state index contributed by atoms with van der Waals surface area (Å²) in [4.78, 5) is 14.2. The monoisotopic (exact) mass is 355 g/mol. The van der Waals surface area contributed by atoms with E-state index in [1.165, 1.54) is 11.8 Å². The summed E-state index contributed by atoms with van der Waals surface area (Å²) in [5.74, 6) is 1.27. The fourth-order valence-corrected chi connectivity index (χ4v) is 3.54. The summed E-state index contributed by atoms with van der Waals surface area (Å²) in [5, 5.41) is 12.2. The lowest BCUT2D eigenvalue weighted by atomic mass is 10.2. The highest BCUT2D eigenvalue weighted by atomic mass is 32.2. The molecule has 0 spiro atoms. The zero-order chi connectivity index (χ0) is 16.8. The second-order valence-corrected chi connectivity index (χ2v) is 7.02. The van der Waals surface area contributed by atoms with Crippen LogP contribution in [0.3, 0.4) is 0 Å². The lowest BCUT2D eigenvalue weighted by Crippen LogP contribution is -2.36. The van der Waals surface area contributed by atoms with E-state index in [4.69, 9.17) is 9.47 Å². The van der Waals surface area contributed by atoms with Crippen LogP contribution in [0.2, 0.25) is 0 Å². The number of hydrogen-bond acceptors (Lipinski definition) is 7. The Labute approximate surface area is 146 Å². The van der Waals surface area contributed by atoms with Gasteiger partial charge in [-0.25, -0.2) is 0 Å². The van der Waals surface area contributed by atoms with Gasteiger partial charge in [0.2, 0.25) is 5.91 Å². The molecule has 0 aromatic carbocycles. The summed E-state index contributed by atoms with van der Waals surface area (Å²) in [6, 6.07) is 0. The molecule has 1 N–H and O–H groups in total. The molecule has 1 amide bonds. The molecule has 0 saturated carbocycles. The topological polar surface area (TPSA) is 81.5 Å². The summed E-state index contributed by atoms with van der Waals surface area (Å²) in [5.41, 5.74) is 0. The van der Waals surface area contributed by atoms with Crippen LogP contribution in [-0.4, -0.2) is 76.9 Å². The van der Waals surface area contributed by atoms with E-state index in [2.05, 4.69) is 20.4 Å². The van der Waals surface area contributed by atoms with Crippen LogP contribution in [0.25, 0.3) is 0 Å². The Morgan fingerprint density at radius 2 is 2.17 bits per heavy atom. The Bertz CT molecular complexity index is 541. The van der Waals surface area contributed by atoms with Crippen molar-refractivity contribution in [2.45, 2.75) is 30.6 Å². The molecule has 1 aromatic heterocycles. The Morgan fingerprint density at radius 3 is 2.92 bits per heavy atom. The van der Waals surface area contributed by atoms with Gasteiger partial charge >= 0.3 is 0 Å². The highest BCUT2D eigenvalue weighted by molar-refractivity contribution is 7.99. The molecule has 2 aliphatic heterocycles. The molecule has 8 nitrogen and oxygen atoms in total. The molecule has 0 aliphatic carbocycles. The Morgan fingerprint density at radius 1 is 1.33 bits per heavy atom. The first-order chi connectivity index (χ1) is 11.7. The van der Waals surface area contributed by atoms with Crippen molar-refractivity contribution in [2.24, 2.45) is 7.05 Å². The van der Waals surface area contributed by atoms with E-state index >= 15 is 0 Å². The van der Waals surface area contributed by atoms with Crippen LogP contribution in [-0.2, 0) is 27.9 Å². The number of aromatic nitrogens is 3. The molecule has 0 bridgehead atoms. The number of carbonyl (C=O) groups excluding carboxylic acids is 1. The maximum absolute atomic E-state index is 11.9. The van der Waals surface area contributed by atoms with Gasteiger partial charge in [0.15, 0.2) is 5.16 Å². The van der Waals surface area contributed by atoms with Crippen molar-refractivity contribution in [3.63, 3.8) is 0 Å². The maximum atomic E-state index is 11.9. The van der Waals surface area contributed by atoms with E-state index in [0.29, 0.717) is 12.3 Å². The fourth-order valence-electron chi connectivity index (χ4n) is 2.78. The third-order valence-electron chi connectivity index (χ3n) is 4.28. The fraction of sp³-hybridized carbons (Fsp3) is 0.800. The highest BCUT2D eigenvalue weighted by Gasteiger charge is 2.18. The first kappa shape index (κ1) is 17.7. The van der Waals surface area contributed by atoms with Crippen molar-refractivity contribution in [2.75, 3.05) is 45.2 Å². The number of ether oxygens (including phenoxy) is 2. The quantitative estimate of drug-likeness (QED) is 0.691. The predicted octanol–water partition coefficient (Wildman–Crippen LogP) is 0.0346. The molecule has 0 radical (unpaired) electrons. The minimum Gasteiger partial charge on any atom is -0.379 e. The average Bonchev–Trinajstić information content (AvgIpc) is 3.23. The average molecular weight is 355 g/mol. The molecule has 2 aliphatic rings. The zero-order valence-electron chi connectivity index (χ0n) is 14.1. The van der Waals surface area contributed by atoms with E-state index < -0.39 is 0 Å². The van der Waals surface area contributed by atoms with Crippen LogP contribution in [0.5, 0.6) is 0 Å². The molecule has 3 rings (SSSR count). The van der Waals surface area contributed by atoms with Crippen molar-refractivity contribution in [1.82, 2.24) is 25.0 Å². The zero-order valence-corrected chi connectivity index (χ0v) is 14.9. The molecular weight excluding hydrogens is 330 g/mol. The van der Waals surface area contributed by atoms with E-state index in [1.54, 1.807) is 0 Å². The number of rotatable bonds is 7. The third kappa shape index (κ3) is 4.92. The van der Waals surface area contributed by atoms with E-state index in [0.717, 1.165) is 63.3 Å². The largest absolute Gasteiger partial charge is 0.379 e. The minimum absolute atomic E-state index is 0.00762. The van der Waals surface area contributed by atoms with Crippen LogP contribution in [0.4, 0.5) is 0 Å². The van der Waals surface area contributed by atoms with Crippen LogP contribution in [0.1, 0.15) is 18.7 Å². The number of hydrogen-bond donors (Lipinski definition) is 1. The van der Waals surface area contributed by atoms with Crippen LogP contribution < -0.4 is 5.32 Å². The molecule has 3 heterocycles. The first-order valence-corrected chi connectivity index (χ1v) is 9.40. The Balaban J connectivity index is 1.42. The predicted molar refractivity (Wildman–Crippen MR) is 89.8 cm³/mol. The molecule has 2 saturated heterocycles. The molecule has 9 heteroatoms. The second kappa shape index (κ2) is 8.80. The third-order valence-corrected chi connectivity index (χ3v) is 5.30. The maximum Gasteiger partial charge on any atom is 0.230 e. The Hall–Kier alpha value is -1.16. The molecule has 0 unspecified atom stereocenters. The van der Waals surface area contributed by atoms with Crippen LogP contribution in [0, 0.1) is 0 Å². The summed E-state index contributed by atoms with van der Waals surface area (Å²) in [6.45, 7) is 5.54. The number of nitrogens with zero attached hydrogens (tertiary/aromatic N) is 4. The highest BCUT2D eigenvalue weighted by Crippen LogP contribution is 2.17. The van der Waals surface area contributed by atoms with Crippen molar-refractivity contribution >= 4 is 17.7 Å². The van der Waals surface area contributed by atoms with Gasteiger partial charge in [-0.3, -0.25) is 9.69 Å². The Kier molecular flexibility index (Phi) is 6.47. The normalized spacial score (nSPS) is 22.0. The summed E-state index contributed by atoms with van der Waals surface area (Å²) in [6.07, 6.45) is 2.29. The van der Waals surface area contributed by atoms with Gasteiger partial charge in [0.1, 0.15) is 5.82 Å². The van der Waals surface area contributed by atoms with Crippen molar-refractivity contribution in [1.29, 1.82) is 0 Å². The van der Waals surface area contributed by atoms with Gasteiger partial charge in [-0.15, -0.1) is 10.2 Å². The molecule has 134 valence electrons. The number of amides is 1. The van der Waals surface area contributed by atoms with Crippen LogP contribution in [0.15, 0.2) is 5.16 Å². The van der Waals surface area contributed by atoms with Gasteiger partial charge in [0.25, 0.3) is 0 Å². The molecule has 1 aromatic rings. The SMILES string of the molecule is Cn1c(CN2CCOCC2)nnc1SCC(=O)NC[C@H]1CCCO1. The van der Waals surface area contributed by atoms with Gasteiger partial charge in [-0.1, -0.05) is 11.8 Å². The van der Waals surface area contributed by atoms with Crippen LogP contribution >= 0.6 is 11.8 Å². The smallest absolute Gasteiger partial charge is 0.230 e. The lowest BCUT2D eigenvalue weighted by Gasteiger charge is -2.25. The standard InChI is InChI=1S/C15H25N5O3S/c1-19-13(10-20-4-7-22-8-5-20)17-18-15(19)24-11-14(21)16-9-12-3-2-6-23-12/h12H,2-11H2,1H3,(H,16,21)/t12-/m1/s1. The van der Waals surface area contributed by atoms with Gasteiger partial charge in [0.05, 0.1) is 31.6 Å².